The first-order valence-electron chi connectivity index (χ1n) is 7.92. The topological polar surface area (TPSA) is 50.4 Å². The van der Waals surface area contributed by atoms with Gasteiger partial charge < -0.3 is 15.4 Å². The number of piperidine rings is 1. The van der Waals surface area contributed by atoms with Crippen LogP contribution in [0.4, 0.5) is 0 Å². The van der Waals surface area contributed by atoms with Crippen molar-refractivity contribution in [3.63, 3.8) is 0 Å². The minimum Gasteiger partial charge on any atom is -0.494 e. The van der Waals surface area contributed by atoms with Crippen LogP contribution in [0.2, 0.25) is 0 Å². The lowest BCUT2D eigenvalue weighted by Crippen LogP contribution is -2.46. The molecule has 1 saturated heterocycles. The molecule has 5 heteroatoms. The fourth-order valence-corrected chi connectivity index (χ4v) is 2.74. The first-order chi connectivity index (χ1) is 10.2. The normalized spacial score (nSPS) is 20.8. The van der Waals surface area contributed by atoms with Crippen molar-refractivity contribution in [3.8, 4) is 5.75 Å². The molecule has 2 rings (SSSR count). The van der Waals surface area contributed by atoms with Crippen LogP contribution in [0.3, 0.4) is 0 Å². The lowest BCUT2D eigenvalue weighted by molar-refractivity contribution is -0.122. The highest BCUT2D eigenvalue weighted by Gasteiger charge is 2.19. The maximum absolute atomic E-state index is 12.0. The molecule has 0 radical (unpaired) electrons. The molecule has 1 aromatic rings. The molecule has 4 nitrogen and oxygen atoms in total. The van der Waals surface area contributed by atoms with Gasteiger partial charge in [-0.2, -0.15) is 0 Å². The minimum atomic E-state index is 0. The molecule has 0 aromatic heterocycles. The van der Waals surface area contributed by atoms with Crippen LogP contribution < -0.4 is 15.4 Å². The van der Waals surface area contributed by atoms with Gasteiger partial charge in [0.05, 0.1) is 6.61 Å². The molecule has 1 aliphatic heterocycles. The summed E-state index contributed by atoms with van der Waals surface area (Å²) in [4.78, 5) is 12.0. The second kappa shape index (κ2) is 9.70. The number of carbonyl (C=O) groups is 1. The van der Waals surface area contributed by atoms with E-state index in [2.05, 4.69) is 17.6 Å². The predicted octanol–water partition coefficient (Wildman–Crippen LogP) is 2.70. The summed E-state index contributed by atoms with van der Waals surface area (Å²) in [7, 11) is 0. The fraction of sp³-hybridized carbons (Fsp3) is 0.588. The van der Waals surface area contributed by atoms with Crippen LogP contribution >= 0.6 is 12.4 Å². The van der Waals surface area contributed by atoms with Gasteiger partial charge in [-0.05, 0) is 57.4 Å². The van der Waals surface area contributed by atoms with Gasteiger partial charge >= 0.3 is 0 Å². The zero-order chi connectivity index (χ0) is 15.1. The molecule has 1 fully saturated rings. The number of hydrogen-bond donors (Lipinski definition) is 2. The second-order valence-corrected chi connectivity index (χ2v) is 5.72. The van der Waals surface area contributed by atoms with Crippen LogP contribution in [-0.2, 0) is 11.2 Å². The van der Waals surface area contributed by atoms with E-state index in [1.807, 2.05) is 31.2 Å². The van der Waals surface area contributed by atoms with Crippen LogP contribution in [0.25, 0.3) is 0 Å². The fourth-order valence-electron chi connectivity index (χ4n) is 2.74. The molecule has 22 heavy (non-hydrogen) atoms. The Balaban J connectivity index is 0.00000242. The highest BCUT2D eigenvalue weighted by atomic mass is 35.5. The monoisotopic (exact) mass is 326 g/mol. The second-order valence-electron chi connectivity index (χ2n) is 5.72. The van der Waals surface area contributed by atoms with Crippen molar-refractivity contribution in [1.82, 2.24) is 10.6 Å². The van der Waals surface area contributed by atoms with Crippen molar-refractivity contribution in [2.75, 3.05) is 13.2 Å². The quantitative estimate of drug-likeness (QED) is 0.845. The van der Waals surface area contributed by atoms with Crippen molar-refractivity contribution < 1.29 is 9.53 Å². The summed E-state index contributed by atoms with van der Waals surface area (Å²) in [6, 6.07) is 8.82. The third-order valence-electron chi connectivity index (χ3n) is 3.86. The Morgan fingerprint density at radius 3 is 2.73 bits per heavy atom. The van der Waals surface area contributed by atoms with Crippen molar-refractivity contribution in [1.29, 1.82) is 0 Å². The summed E-state index contributed by atoms with van der Waals surface area (Å²) in [6.07, 6.45) is 3.37. The van der Waals surface area contributed by atoms with Crippen LogP contribution in [0, 0.1) is 0 Å². The van der Waals surface area contributed by atoms with E-state index in [1.165, 1.54) is 5.56 Å². The molecule has 2 N–H and O–H groups in total. The number of hydrogen-bond acceptors (Lipinski definition) is 3. The average molecular weight is 327 g/mol. The summed E-state index contributed by atoms with van der Waals surface area (Å²) in [6.45, 7) is 5.81. The highest BCUT2D eigenvalue weighted by Crippen LogP contribution is 2.14. The molecule has 0 saturated carbocycles. The number of nitrogens with one attached hydrogen (secondary N) is 2. The van der Waals surface area contributed by atoms with Crippen LogP contribution in [-0.4, -0.2) is 31.1 Å². The maximum atomic E-state index is 12.0. The molecular formula is C17H27ClN2O2. The molecule has 0 bridgehead atoms. The molecule has 124 valence electrons. The van der Waals surface area contributed by atoms with Crippen molar-refractivity contribution in [2.45, 2.75) is 51.6 Å². The van der Waals surface area contributed by atoms with Crippen LogP contribution in [0.5, 0.6) is 5.75 Å². The van der Waals surface area contributed by atoms with Gasteiger partial charge in [0.15, 0.2) is 0 Å². The minimum absolute atomic E-state index is 0. The molecule has 1 heterocycles. The summed E-state index contributed by atoms with van der Waals surface area (Å²) in [5.74, 6) is 1.04. The van der Waals surface area contributed by atoms with Gasteiger partial charge in [-0.25, -0.2) is 0 Å². The van der Waals surface area contributed by atoms with Gasteiger partial charge in [0.2, 0.25) is 5.91 Å². The molecule has 1 amide bonds. The largest absolute Gasteiger partial charge is 0.494 e. The Bertz CT molecular complexity index is 450. The molecule has 1 aromatic carbocycles. The number of rotatable bonds is 6. The zero-order valence-corrected chi connectivity index (χ0v) is 14.2. The summed E-state index contributed by atoms with van der Waals surface area (Å²) in [5, 5.41) is 6.54. The number of benzene rings is 1. The first kappa shape index (κ1) is 18.8. The lowest BCUT2D eigenvalue weighted by atomic mass is 10.0. The Morgan fingerprint density at radius 2 is 2.09 bits per heavy atom. The van der Waals surface area contributed by atoms with Crippen molar-refractivity contribution in [3.05, 3.63) is 29.8 Å². The van der Waals surface area contributed by atoms with Gasteiger partial charge in [0.1, 0.15) is 5.75 Å². The number of halogens is 1. The number of carbonyl (C=O) groups excluding carboxylic acids is 1. The van der Waals surface area contributed by atoms with Crippen LogP contribution in [0.15, 0.2) is 24.3 Å². The van der Waals surface area contributed by atoms with E-state index >= 15 is 0 Å². The number of amides is 1. The van der Waals surface area contributed by atoms with E-state index in [9.17, 15) is 4.79 Å². The van der Waals surface area contributed by atoms with Crippen molar-refractivity contribution >= 4 is 18.3 Å². The number of aryl methyl sites for hydroxylation is 1. The average Bonchev–Trinajstić information content (AvgIpc) is 2.47. The van der Waals surface area contributed by atoms with Crippen molar-refractivity contribution in [2.24, 2.45) is 0 Å². The summed E-state index contributed by atoms with van der Waals surface area (Å²) in [5.41, 5.74) is 1.17. The Morgan fingerprint density at radius 1 is 1.36 bits per heavy atom. The van der Waals surface area contributed by atoms with E-state index in [-0.39, 0.29) is 18.3 Å². The van der Waals surface area contributed by atoms with E-state index in [0.717, 1.165) is 31.6 Å². The van der Waals surface area contributed by atoms with Gasteiger partial charge in [-0.1, -0.05) is 12.1 Å². The third-order valence-corrected chi connectivity index (χ3v) is 3.86. The molecular weight excluding hydrogens is 300 g/mol. The Kier molecular flexibility index (Phi) is 8.28. The molecule has 0 spiro atoms. The maximum Gasteiger partial charge on any atom is 0.220 e. The molecule has 0 aliphatic carbocycles. The van der Waals surface area contributed by atoms with Gasteiger partial charge in [-0.15, -0.1) is 12.4 Å². The summed E-state index contributed by atoms with van der Waals surface area (Å²) >= 11 is 0. The van der Waals surface area contributed by atoms with E-state index in [4.69, 9.17) is 4.74 Å². The lowest BCUT2D eigenvalue weighted by Gasteiger charge is -2.28. The SMILES string of the molecule is CCOc1ccc(CCC(=O)NC2CCNC(C)C2)cc1.Cl. The molecule has 2 unspecified atom stereocenters. The van der Waals surface area contributed by atoms with E-state index in [1.54, 1.807) is 0 Å². The number of ether oxygens (including phenoxy) is 1. The van der Waals surface area contributed by atoms with Gasteiger partial charge in [0.25, 0.3) is 0 Å². The van der Waals surface area contributed by atoms with E-state index in [0.29, 0.717) is 25.1 Å². The third kappa shape index (κ3) is 6.24. The molecule has 1 aliphatic rings. The highest BCUT2D eigenvalue weighted by molar-refractivity contribution is 5.85. The Labute approximate surface area is 139 Å². The smallest absolute Gasteiger partial charge is 0.220 e. The molecule has 2 atom stereocenters. The first-order valence-corrected chi connectivity index (χ1v) is 7.92. The van der Waals surface area contributed by atoms with Gasteiger partial charge in [0, 0.05) is 18.5 Å². The standard InChI is InChI=1S/C17H26N2O2.ClH/c1-3-21-16-7-4-14(5-8-16)6-9-17(20)19-15-10-11-18-13(2)12-15;/h4-5,7-8,13,15,18H,3,6,9-12H2,1-2H3,(H,19,20);1H. The predicted molar refractivity (Wildman–Crippen MR) is 91.8 cm³/mol. The summed E-state index contributed by atoms with van der Waals surface area (Å²) < 4.78 is 5.41. The van der Waals surface area contributed by atoms with Gasteiger partial charge in [-0.3, -0.25) is 4.79 Å². The zero-order valence-electron chi connectivity index (χ0n) is 13.4. The van der Waals surface area contributed by atoms with Crippen LogP contribution in [0.1, 0.15) is 38.7 Å². The van der Waals surface area contributed by atoms with E-state index < -0.39 is 0 Å². The Hall–Kier alpha value is -1.26.